The SMILES string of the molecule is CC1CCCCN1S(=O)(=O)c1ccc(F)cc1Br. The second-order valence-electron chi connectivity index (χ2n) is 4.54. The maximum Gasteiger partial charge on any atom is 0.244 e. The predicted octanol–water partition coefficient (Wildman–Crippen LogP) is 3.15. The van der Waals surface area contributed by atoms with Crippen LogP contribution in [0.2, 0.25) is 0 Å². The maximum absolute atomic E-state index is 13.0. The standard InChI is InChI=1S/C12H15BrFNO2S/c1-9-4-2-3-7-15(9)18(16,17)12-6-5-10(14)8-11(12)13/h5-6,8-9H,2-4,7H2,1H3. The van der Waals surface area contributed by atoms with Crippen molar-refractivity contribution in [3.8, 4) is 0 Å². The zero-order chi connectivity index (χ0) is 13.3. The summed E-state index contributed by atoms with van der Waals surface area (Å²) in [4.78, 5) is 0.137. The smallest absolute Gasteiger partial charge is 0.207 e. The lowest BCUT2D eigenvalue weighted by Gasteiger charge is -2.32. The van der Waals surface area contributed by atoms with Crippen LogP contribution in [0.5, 0.6) is 0 Å². The van der Waals surface area contributed by atoms with E-state index in [1.165, 1.54) is 22.5 Å². The average molecular weight is 336 g/mol. The Hall–Kier alpha value is -0.460. The molecular weight excluding hydrogens is 321 g/mol. The number of benzene rings is 1. The number of piperidine rings is 1. The Morgan fingerprint density at radius 2 is 2.11 bits per heavy atom. The first-order valence-electron chi connectivity index (χ1n) is 5.90. The molecule has 0 saturated carbocycles. The van der Waals surface area contributed by atoms with E-state index in [0.29, 0.717) is 6.54 Å². The van der Waals surface area contributed by atoms with E-state index in [9.17, 15) is 12.8 Å². The van der Waals surface area contributed by atoms with Crippen LogP contribution in [0.1, 0.15) is 26.2 Å². The minimum atomic E-state index is -3.54. The molecule has 18 heavy (non-hydrogen) atoms. The van der Waals surface area contributed by atoms with E-state index in [0.717, 1.165) is 19.3 Å². The lowest BCUT2D eigenvalue weighted by Crippen LogP contribution is -2.42. The van der Waals surface area contributed by atoms with Crippen LogP contribution in [0.15, 0.2) is 27.6 Å². The van der Waals surface area contributed by atoms with Crippen molar-refractivity contribution in [2.75, 3.05) is 6.54 Å². The van der Waals surface area contributed by atoms with Crippen LogP contribution in [0, 0.1) is 5.82 Å². The molecule has 0 radical (unpaired) electrons. The Morgan fingerprint density at radius 1 is 1.39 bits per heavy atom. The third kappa shape index (κ3) is 2.60. The fourth-order valence-corrected chi connectivity index (χ4v) is 4.95. The normalized spacial score (nSPS) is 22.1. The minimum Gasteiger partial charge on any atom is -0.207 e. The van der Waals surface area contributed by atoms with Crippen molar-refractivity contribution in [1.29, 1.82) is 0 Å². The van der Waals surface area contributed by atoms with Crippen LogP contribution in [-0.2, 0) is 10.0 Å². The topological polar surface area (TPSA) is 37.4 Å². The van der Waals surface area contributed by atoms with Gasteiger partial charge in [-0.2, -0.15) is 4.31 Å². The zero-order valence-corrected chi connectivity index (χ0v) is 12.5. The van der Waals surface area contributed by atoms with Crippen molar-refractivity contribution in [3.63, 3.8) is 0 Å². The molecule has 1 aromatic carbocycles. The van der Waals surface area contributed by atoms with Crippen molar-refractivity contribution in [2.45, 2.75) is 37.1 Å². The molecule has 1 aromatic rings. The van der Waals surface area contributed by atoms with Crippen LogP contribution in [0.25, 0.3) is 0 Å². The third-order valence-electron chi connectivity index (χ3n) is 3.22. The Morgan fingerprint density at radius 3 is 2.72 bits per heavy atom. The predicted molar refractivity (Wildman–Crippen MR) is 71.3 cm³/mol. The largest absolute Gasteiger partial charge is 0.244 e. The zero-order valence-electron chi connectivity index (χ0n) is 10.1. The molecule has 0 N–H and O–H groups in total. The number of hydrogen-bond donors (Lipinski definition) is 0. The number of hydrogen-bond acceptors (Lipinski definition) is 2. The van der Waals surface area contributed by atoms with Gasteiger partial charge in [0, 0.05) is 17.1 Å². The highest BCUT2D eigenvalue weighted by Crippen LogP contribution is 2.29. The van der Waals surface area contributed by atoms with Gasteiger partial charge in [0.05, 0.1) is 4.90 Å². The Labute approximate surface area is 115 Å². The van der Waals surface area contributed by atoms with Gasteiger partial charge >= 0.3 is 0 Å². The van der Waals surface area contributed by atoms with E-state index >= 15 is 0 Å². The van der Waals surface area contributed by atoms with Crippen molar-refractivity contribution >= 4 is 26.0 Å². The van der Waals surface area contributed by atoms with Gasteiger partial charge in [-0.05, 0) is 53.9 Å². The molecule has 1 fully saturated rings. The van der Waals surface area contributed by atoms with Gasteiger partial charge in [0.25, 0.3) is 0 Å². The van der Waals surface area contributed by atoms with Crippen LogP contribution in [-0.4, -0.2) is 25.3 Å². The molecule has 2 rings (SSSR count). The van der Waals surface area contributed by atoms with Crippen molar-refractivity contribution in [1.82, 2.24) is 4.31 Å². The number of nitrogens with zero attached hydrogens (tertiary/aromatic N) is 1. The fourth-order valence-electron chi connectivity index (χ4n) is 2.24. The molecular formula is C12H15BrFNO2S. The summed E-state index contributed by atoms with van der Waals surface area (Å²) in [5.74, 6) is -0.451. The molecule has 1 aliphatic rings. The van der Waals surface area contributed by atoms with E-state index in [4.69, 9.17) is 0 Å². The summed E-state index contributed by atoms with van der Waals surface area (Å²) in [6.45, 7) is 2.45. The Bertz CT molecular complexity index is 547. The van der Waals surface area contributed by atoms with Gasteiger partial charge < -0.3 is 0 Å². The monoisotopic (exact) mass is 335 g/mol. The first-order valence-corrected chi connectivity index (χ1v) is 8.13. The van der Waals surface area contributed by atoms with Crippen LogP contribution < -0.4 is 0 Å². The molecule has 1 atom stereocenters. The molecule has 6 heteroatoms. The fraction of sp³-hybridized carbons (Fsp3) is 0.500. The van der Waals surface area contributed by atoms with Gasteiger partial charge in [0.1, 0.15) is 5.82 Å². The number of sulfonamides is 1. The van der Waals surface area contributed by atoms with Gasteiger partial charge in [-0.1, -0.05) is 6.42 Å². The minimum absolute atomic E-state index is 0.000651. The average Bonchev–Trinajstić information content (AvgIpc) is 2.28. The Kier molecular flexibility index (Phi) is 4.08. The lowest BCUT2D eigenvalue weighted by molar-refractivity contribution is 0.268. The summed E-state index contributed by atoms with van der Waals surface area (Å²) >= 11 is 3.12. The van der Waals surface area contributed by atoms with E-state index in [2.05, 4.69) is 15.9 Å². The summed E-state index contributed by atoms with van der Waals surface area (Å²) < 4.78 is 39.8. The van der Waals surface area contributed by atoms with Gasteiger partial charge in [-0.15, -0.1) is 0 Å². The molecule has 0 aromatic heterocycles. The van der Waals surface area contributed by atoms with E-state index in [-0.39, 0.29) is 15.4 Å². The molecule has 1 heterocycles. The molecule has 0 amide bonds. The summed E-state index contributed by atoms with van der Waals surface area (Å²) in [6, 6.07) is 3.67. The molecule has 1 unspecified atom stereocenters. The number of halogens is 2. The van der Waals surface area contributed by atoms with Crippen LogP contribution in [0.4, 0.5) is 4.39 Å². The quantitative estimate of drug-likeness (QED) is 0.832. The van der Waals surface area contributed by atoms with Crippen LogP contribution in [0.3, 0.4) is 0 Å². The van der Waals surface area contributed by atoms with Crippen molar-refractivity contribution in [3.05, 3.63) is 28.5 Å². The summed E-state index contributed by atoms with van der Waals surface area (Å²) in [5.41, 5.74) is 0. The van der Waals surface area contributed by atoms with Crippen LogP contribution >= 0.6 is 15.9 Å². The van der Waals surface area contributed by atoms with E-state index < -0.39 is 15.8 Å². The summed E-state index contributed by atoms with van der Waals surface area (Å²) in [5, 5.41) is 0. The number of rotatable bonds is 2. The molecule has 1 saturated heterocycles. The van der Waals surface area contributed by atoms with E-state index in [1.807, 2.05) is 6.92 Å². The van der Waals surface area contributed by atoms with Gasteiger partial charge in [0.15, 0.2) is 0 Å². The molecule has 3 nitrogen and oxygen atoms in total. The van der Waals surface area contributed by atoms with Gasteiger partial charge in [0.2, 0.25) is 10.0 Å². The maximum atomic E-state index is 13.0. The summed E-state index contributed by atoms with van der Waals surface area (Å²) in [7, 11) is -3.54. The second kappa shape index (κ2) is 5.27. The summed E-state index contributed by atoms with van der Waals surface area (Å²) in [6.07, 6.45) is 2.80. The first-order chi connectivity index (χ1) is 8.43. The van der Waals surface area contributed by atoms with Gasteiger partial charge in [-0.3, -0.25) is 0 Å². The molecule has 0 bridgehead atoms. The molecule has 0 spiro atoms. The second-order valence-corrected chi connectivity index (χ2v) is 7.25. The highest BCUT2D eigenvalue weighted by molar-refractivity contribution is 9.10. The third-order valence-corrected chi connectivity index (χ3v) is 6.21. The van der Waals surface area contributed by atoms with Crippen molar-refractivity contribution < 1.29 is 12.8 Å². The van der Waals surface area contributed by atoms with Crippen molar-refractivity contribution in [2.24, 2.45) is 0 Å². The Balaban J connectivity index is 2.41. The molecule has 0 aliphatic carbocycles. The highest BCUT2D eigenvalue weighted by atomic mass is 79.9. The highest BCUT2D eigenvalue weighted by Gasteiger charge is 2.32. The lowest BCUT2D eigenvalue weighted by atomic mass is 10.1. The van der Waals surface area contributed by atoms with Gasteiger partial charge in [-0.25, -0.2) is 12.8 Å². The first kappa shape index (κ1) is 14.0. The molecule has 1 aliphatic heterocycles. The van der Waals surface area contributed by atoms with E-state index in [1.54, 1.807) is 0 Å². The molecule has 100 valence electrons.